The molecule has 0 aromatic heterocycles. The highest BCUT2D eigenvalue weighted by Gasteiger charge is 2.31. The van der Waals surface area contributed by atoms with Gasteiger partial charge in [0.05, 0.1) is 0 Å². The number of alkyl halides is 3. The van der Waals surface area contributed by atoms with Crippen LogP contribution < -0.4 is 15.0 Å². The molecule has 0 spiro atoms. The summed E-state index contributed by atoms with van der Waals surface area (Å²) in [5, 5.41) is 2.72. The van der Waals surface area contributed by atoms with Gasteiger partial charge in [0, 0.05) is 24.5 Å². The van der Waals surface area contributed by atoms with Crippen LogP contribution in [0.1, 0.15) is 28.7 Å². The first-order valence-electron chi connectivity index (χ1n) is 8.71. The van der Waals surface area contributed by atoms with Gasteiger partial charge in [-0.2, -0.15) is 0 Å². The van der Waals surface area contributed by atoms with Gasteiger partial charge in [-0.25, -0.2) is 0 Å². The molecule has 0 unspecified atom stereocenters. The van der Waals surface area contributed by atoms with Crippen molar-refractivity contribution in [2.45, 2.75) is 39.6 Å². The van der Waals surface area contributed by atoms with Crippen LogP contribution >= 0.6 is 0 Å². The minimum absolute atomic E-state index is 0.175. The van der Waals surface area contributed by atoms with Crippen molar-refractivity contribution in [2.24, 2.45) is 0 Å². The molecule has 1 aliphatic rings. The predicted molar refractivity (Wildman–Crippen MR) is 98.1 cm³/mol. The third kappa shape index (κ3) is 4.53. The highest BCUT2D eigenvalue weighted by atomic mass is 19.4. The van der Waals surface area contributed by atoms with Crippen molar-refractivity contribution in [3.8, 4) is 5.75 Å². The number of rotatable bonds is 4. The van der Waals surface area contributed by atoms with Crippen LogP contribution in [0.4, 0.5) is 24.5 Å². The van der Waals surface area contributed by atoms with Crippen molar-refractivity contribution >= 4 is 17.8 Å². The second kappa shape index (κ2) is 7.50. The largest absolute Gasteiger partial charge is 0.573 e. The first kappa shape index (κ1) is 19.1. The molecule has 0 bridgehead atoms. The Labute approximate surface area is 155 Å². The third-order valence-electron chi connectivity index (χ3n) is 4.73. The van der Waals surface area contributed by atoms with Crippen LogP contribution in [0, 0.1) is 13.8 Å². The molecule has 27 heavy (non-hydrogen) atoms. The lowest BCUT2D eigenvalue weighted by molar-refractivity contribution is -0.274. The zero-order valence-corrected chi connectivity index (χ0v) is 15.2. The highest BCUT2D eigenvalue weighted by Crippen LogP contribution is 2.32. The topological polar surface area (TPSA) is 41.6 Å². The molecule has 1 aliphatic heterocycles. The third-order valence-corrected chi connectivity index (χ3v) is 4.73. The molecule has 0 fully saturated rings. The normalized spacial score (nSPS) is 14.3. The Bertz CT molecular complexity index is 827. The molecule has 1 heterocycles. The number of hydrogen-bond donors (Lipinski definition) is 1. The molecule has 1 N–H and O–H groups in total. The molecule has 1 amide bonds. The second-order valence-electron chi connectivity index (χ2n) is 6.72. The molecule has 2 aromatic carbocycles. The van der Waals surface area contributed by atoms with E-state index in [1.54, 1.807) is 6.07 Å². The van der Waals surface area contributed by atoms with E-state index >= 15 is 0 Å². The molecule has 0 aliphatic carbocycles. The Kier molecular flexibility index (Phi) is 5.30. The van der Waals surface area contributed by atoms with Crippen molar-refractivity contribution in [1.29, 1.82) is 0 Å². The quantitative estimate of drug-likeness (QED) is 0.783. The summed E-state index contributed by atoms with van der Waals surface area (Å²) in [5.41, 5.74) is 5.65. The van der Waals surface area contributed by atoms with Crippen LogP contribution in [-0.4, -0.2) is 19.3 Å². The van der Waals surface area contributed by atoms with Gasteiger partial charge in [0.1, 0.15) is 5.75 Å². The minimum atomic E-state index is -4.68. The van der Waals surface area contributed by atoms with Crippen LogP contribution in [0.5, 0.6) is 5.75 Å². The molecule has 4 nitrogen and oxygen atoms in total. The van der Waals surface area contributed by atoms with Gasteiger partial charge in [-0.15, -0.1) is 13.2 Å². The molecule has 3 rings (SSSR count). The minimum Gasteiger partial charge on any atom is -0.406 e. The fourth-order valence-corrected chi connectivity index (χ4v) is 3.56. The van der Waals surface area contributed by atoms with Crippen molar-refractivity contribution in [3.63, 3.8) is 0 Å². The molecule has 7 heteroatoms. The van der Waals surface area contributed by atoms with E-state index in [1.807, 2.05) is 26.0 Å². The van der Waals surface area contributed by atoms with Gasteiger partial charge >= 0.3 is 6.36 Å². The summed E-state index contributed by atoms with van der Waals surface area (Å²) in [5.74, 6) is -0.175. The average molecular weight is 378 g/mol. The van der Waals surface area contributed by atoms with Gasteiger partial charge in [0.15, 0.2) is 0 Å². The van der Waals surface area contributed by atoms with Crippen LogP contribution in [-0.2, 0) is 17.8 Å². The van der Waals surface area contributed by atoms with E-state index in [1.165, 1.54) is 12.1 Å². The molecule has 2 aromatic rings. The van der Waals surface area contributed by atoms with Crippen LogP contribution in [0.25, 0.3) is 0 Å². The van der Waals surface area contributed by atoms with Crippen LogP contribution in [0.3, 0.4) is 0 Å². The van der Waals surface area contributed by atoms with Gasteiger partial charge in [-0.1, -0.05) is 6.07 Å². The molecular weight excluding hydrogens is 357 g/mol. The second-order valence-corrected chi connectivity index (χ2v) is 6.72. The summed E-state index contributed by atoms with van der Waals surface area (Å²) in [4.78, 5) is 13.0. The number of benzene rings is 2. The molecular formula is C20H21F3N2O2. The summed E-state index contributed by atoms with van der Waals surface area (Å²) in [6.07, 6.45) is -2.49. The highest BCUT2D eigenvalue weighted by molar-refractivity contribution is 5.77. The van der Waals surface area contributed by atoms with E-state index in [0.717, 1.165) is 46.6 Å². The van der Waals surface area contributed by atoms with E-state index in [9.17, 15) is 18.0 Å². The maximum Gasteiger partial charge on any atom is 0.573 e. The number of ether oxygens (including phenoxy) is 1. The first-order valence-corrected chi connectivity index (χ1v) is 8.71. The molecule has 0 radical (unpaired) electrons. The number of halogens is 3. The molecule has 144 valence electrons. The van der Waals surface area contributed by atoms with Gasteiger partial charge < -0.3 is 15.0 Å². The summed E-state index contributed by atoms with van der Waals surface area (Å²) < 4.78 is 41.4. The van der Waals surface area contributed by atoms with Crippen molar-refractivity contribution in [2.75, 3.05) is 16.8 Å². The van der Waals surface area contributed by atoms with Crippen LogP contribution in [0.15, 0.2) is 30.3 Å². The molecule has 0 saturated carbocycles. The van der Waals surface area contributed by atoms with Gasteiger partial charge in [-0.05, 0) is 73.2 Å². The lowest BCUT2D eigenvalue weighted by Gasteiger charge is -2.25. The fourth-order valence-electron chi connectivity index (χ4n) is 3.56. The van der Waals surface area contributed by atoms with E-state index in [4.69, 9.17) is 0 Å². The zero-order valence-electron chi connectivity index (χ0n) is 15.2. The Balaban J connectivity index is 1.86. The number of carbonyl (C=O) groups is 1. The smallest absolute Gasteiger partial charge is 0.406 e. The Hall–Kier alpha value is -2.70. The Morgan fingerprint density at radius 3 is 2.44 bits per heavy atom. The van der Waals surface area contributed by atoms with Crippen molar-refractivity contribution < 1.29 is 22.7 Å². The number of aryl methyl sites for hydroxylation is 3. The number of hydrogen-bond acceptors (Lipinski definition) is 3. The van der Waals surface area contributed by atoms with E-state index in [2.05, 4.69) is 15.0 Å². The van der Waals surface area contributed by atoms with E-state index in [0.29, 0.717) is 19.4 Å². The summed E-state index contributed by atoms with van der Waals surface area (Å²) in [6.45, 7) is 5.29. The van der Waals surface area contributed by atoms with Crippen LogP contribution in [0.2, 0.25) is 0 Å². The van der Waals surface area contributed by atoms with Gasteiger partial charge in [0.2, 0.25) is 6.41 Å². The lowest BCUT2D eigenvalue weighted by Crippen LogP contribution is -2.23. The monoisotopic (exact) mass is 378 g/mol. The maximum absolute atomic E-state index is 12.4. The number of nitrogens with one attached hydrogen (secondary N) is 1. The SMILES string of the molecule is Cc1cc(N2CCCc3cc(OC(F)(F)F)ccc3C2)cc(C)c1NC=O. The van der Waals surface area contributed by atoms with Gasteiger partial charge in [0.25, 0.3) is 0 Å². The first-order chi connectivity index (χ1) is 12.8. The molecule has 0 atom stereocenters. The number of anilines is 2. The fraction of sp³-hybridized carbons (Fsp3) is 0.350. The van der Waals surface area contributed by atoms with Crippen molar-refractivity contribution in [3.05, 3.63) is 52.6 Å². The summed E-state index contributed by atoms with van der Waals surface area (Å²) >= 11 is 0. The molecule has 0 saturated heterocycles. The lowest BCUT2D eigenvalue weighted by atomic mass is 10.0. The predicted octanol–water partition coefficient (Wildman–Crippen LogP) is 4.72. The maximum atomic E-state index is 12.4. The number of nitrogens with zero attached hydrogens (tertiary/aromatic N) is 1. The Morgan fingerprint density at radius 1 is 1.11 bits per heavy atom. The van der Waals surface area contributed by atoms with Crippen molar-refractivity contribution in [1.82, 2.24) is 0 Å². The number of fused-ring (bicyclic) bond motifs is 1. The summed E-state index contributed by atoms with van der Waals surface area (Å²) in [6, 6.07) is 8.59. The number of amides is 1. The zero-order chi connectivity index (χ0) is 19.6. The average Bonchev–Trinajstić information content (AvgIpc) is 2.78. The van der Waals surface area contributed by atoms with E-state index < -0.39 is 6.36 Å². The van der Waals surface area contributed by atoms with Gasteiger partial charge in [-0.3, -0.25) is 4.79 Å². The standard InChI is InChI=1S/C20H21F3N2O2/c1-13-8-17(9-14(2)19(13)24-12-26)25-7-3-4-15-10-18(27-20(21,22)23)6-5-16(15)11-25/h5-6,8-10,12H,3-4,7,11H2,1-2H3,(H,24,26). The van der Waals surface area contributed by atoms with E-state index in [-0.39, 0.29) is 5.75 Å². The summed E-state index contributed by atoms with van der Waals surface area (Å²) in [7, 11) is 0. The Morgan fingerprint density at radius 2 is 1.81 bits per heavy atom. The number of carbonyl (C=O) groups excluding carboxylic acids is 1.